The second kappa shape index (κ2) is 8.99. The van der Waals surface area contributed by atoms with Crippen molar-refractivity contribution >= 4 is 22.0 Å². The molecule has 0 atom stereocenters. The fraction of sp³-hybridized carbons (Fsp3) is 0.467. The van der Waals surface area contributed by atoms with Crippen molar-refractivity contribution in [2.24, 2.45) is 0 Å². The lowest BCUT2D eigenvalue weighted by atomic mass is 10.1. The van der Waals surface area contributed by atoms with Crippen LogP contribution in [-0.2, 0) is 0 Å². The molecule has 1 N–H and O–H groups in total. The lowest BCUT2D eigenvalue weighted by Crippen LogP contribution is -2.14. The van der Waals surface area contributed by atoms with Gasteiger partial charge in [0.25, 0.3) is 0 Å². The van der Waals surface area contributed by atoms with E-state index in [-0.39, 0.29) is 0 Å². The molecule has 0 aliphatic rings. The molecule has 0 amide bonds. The number of methoxy groups -OCH3 is 2. The van der Waals surface area contributed by atoms with E-state index in [0.29, 0.717) is 0 Å². The summed E-state index contributed by atoms with van der Waals surface area (Å²) in [7, 11) is 3.31. The van der Waals surface area contributed by atoms with Gasteiger partial charge in [0.1, 0.15) is 16.0 Å². The fourth-order valence-electron chi connectivity index (χ4n) is 1.75. The minimum absolute atomic E-state index is 0.776. The van der Waals surface area contributed by atoms with Gasteiger partial charge in [0.05, 0.1) is 14.2 Å². The smallest absolute Gasteiger partial charge is 0.144 e. The Labute approximate surface area is 124 Å². The molecule has 0 saturated carbocycles. The van der Waals surface area contributed by atoms with Gasteiger partial charge in [-0.3, -0.25) is 0 Å². The maximum absolute atomic E-state index is 5.42. The third-order valence-corrected chi connectivity index (χ3v) is 3.48. The van der Waals surface area contributed by atoms with E-state index in [1.165, 1.54) is 6.42 Å². The topological polar surface area (TPSA) is 30.5 Å². The molecule has 0 aromatic heterocycles. The van der Waals surface area contributed by atoms with Crippen LogP contribution >= 0.6 is 15.9 Å². The van der Waals surface area contributed by atoms with Crippen LogP contribution in [0.1, 0.15) is 25.3 Å². The summed E-state index contributed by atoms with van der Waals surface area (Å²) in [5, 5.41) is 3.37. The van der Waals surface area contributed by atoms with Crippen molar-refractivity contribution < 1.29 is 9.47 Å². The van der Waals surface area contributed by atoms with Gasteiger partial charge in [-0.05, 0) is 54.0 Å². The van der Waals surface area contributed by atoms with Crippen LogP contribution in [0.2, 0.25) is 0 Å². The quantitative estimate of drug-likeness (QED) is 0.735. The van der Waals surface area contributed by atoms with E-state index in [4.69, 9.17) is 9.47 Å². The third kappa shape index (κ3) is 4.88. The minimum Gasteiger partial charge on any atom is -0.495 e. The van der Waals surface area contributed by atoms with Crippen molar-refractivity contribution in [3.8, 4) is 11.5 Å². The average molecular weight is 328 g/mol. The predicted molar refractivity (Wildman–Crippen MR) is 84.1 cm³/mol. The highest BCUT2D eigenvalue weighted by Gasteiger charge is 2.10. The Kier molecular flexibility index (Phi) is 7.60. The summed E-state index contributed by atoms with van der Waals surface area (Å²) in [4.78, 5) is 0. The van der Waals surface area contributed by atoms with E-state index in [9.17, 15) is 0 Å². The highest BCUT2D eigenvalue weighted by molar-refractivity contribution is 9.10. The van der Waals surface area contributed by atoms with Crippen LogP contribution in [-0.4, -0.2) is 27.3 Å². The first-order chi connectivity index (χ1) is 9.24. The molecule has 1 aromatic rings. The summed E-state index contributed by atoms with van der Waals surface area (Å²) >= 11 is 3.50. The molecule has 3 nitrogen and oxygen atoms in total. The van der Waals surface area contributed by atoms with Crippen LogP contribution in [0, 0.1) is 0 Å². The molecule has 0 bridgehead atoms. The van der Waals surface area contributed by atoms with E-state index in [1.54, 1.807) is 14.2 Å². The van der Waals surface area contributed by atoms with Gasteiger partial charge in [0.15, 0.2) is 0 Å². The number of benzene rings is 1. The number of rotatable bonds is 8. The molecule has 0 unspecified atom stereocenters. The molecule has 1 aromatic carbocycles. The molecule has 19 heavy (non-hydrogen) atoms. The second-order valence-corrected chi connectivity index (χ2v) is 4.94. The van der Waals surface area contributed by atoms with Crippen LogP contribution in [0.25, 0.3) is 6.08 Å². The third-order valence-electron chi connectivity index (χ3n) is 2.73. The maximum Gasteiger partial charge on any atom is 0.144 e. The Bertz CT molecular complexity index is 419. The molecular formula is C15H22BrNO2. The molecule has 1 rings (SSSR count). The van der Waals surface area contributed by atoms with Gasteiger partial charge in [0, 0.05) is 5.56 Å². The van der Waals surface area contributed by atoms with E-state index < -0.39 is 0 Å². The monoisotopic (exact) mass is 327 g/mol. The van der Waals surface area contributed by atoms with Gasteiger partial charge in [-0.2, -0.15) is 0 Å². The first kappa shape index (κ1) is 16.1. The summed E-state index contributed by atoms with van der Waals surface area (Å²) in [5.41, 5.74) is 1.05. The normalized spacial score (nSPS) is 10.9. The zero-order valence-electron chi connectivity index (χ0n) is 11.8. The largest absolute Gasteiger partial charge is 0.495 e. The molecule has 0 spiro atoms. The highest BCUT2D eigenvalue weighted by atomic mass is 79.9. The Morgan fingerprint density at radius 2 is 2.00 bits per heavy atom. The van der Waals surface area contributed by atoms with E-state index >= 15 is 0 Å². The predicted octanol–water partition coefficient (Wildman–Crippen LogP) is 3.87. The molecule has 106 valence electrons. The first-order valence-corrected chi connectivity index (χ1v) is 7.31. The molecule has 0 saturated heterocycles. The fourth-order valence-corrected chi connectivity index (χ4v) is 2.43. The standard InChI is InChI=1S/C15H22BrNO2/c1-4-10-17-11-6-5-7-12-8-9-13(18-2)14(16)15(12)19-3/h5,7-9,17H,4,6,10-11H2,1-3H3/b7-5+. The molecule has 0 heterocycles. The number of hydrogen-bond acceptors (Lipinski definition) is 3. The SMILES string of the molecule is CCCNCC/C=C/c1ccc(OC)c(Br)c1OC. The van der Waals surface area contributed by atoms with Gasteiger partial charge in [-0.1, -0.05) is 19.1 Å². The summed E-state index contributed by atoms with van der Waals surface area (Å²) in [6, 6.07) is 3.93. The summed E-state index contributed by atoms with van der Waals surface area (Å²) in [6.45, 7) is 4.25. The molecule has 0 aliphatic heterocycles. The van der Waals surface area contributed by atoms with Crippen LogP contribution in [0.5, 0.6) is 11.5 Å². The van der Waals surface area contributed by atoms with Crippen LogP contribution in [0.4, 0.5) is 0 Å². The molecule has 4 heteroatoms. The summed E-state index contributed by atoms with van der Waals surface area (Å²) in [5.74, 6) is 1.58. The Hall–Kier alpha value is -1.00. The van der Waals surface area contributed by atoms with Crippen LogP contribution in [0.3, 0.4) is 0 Å². The number of halogens is 1. The number of ether oxygens (including phenoxy) is 2. The maximum atomic E-state index is 5.42. The van der Waals surface area contributed by atoms with Crippen molar-refractivity contribution in [3.05, 3.63) is 28.2 Å². The summed E-state index contributed by atoms with van der Waals surface area (Å²) in [6.07, 6.45) is 6.41. The molecule has 0 aliphatic carbocycles. The highest BCUT2D eigenvalue weighted by Crippen LogP contribution is 2.37. The van der Waals surface area contributed by atoms with E-state index in [0.717, 1.165) is 41.0 Å². The van der Waals surface area contributed by atoms with Crippen molar-refractivity contribution in [1.29, 1.82) is 0 Å². The zero-order valence-corrected chi connectivity index (χ0v) is 13.4. The lowest BCUT2D eigenvalue weighted by Gasteiger charge is -2.11. The molecule has 0 fully saturated rings. The van der Waals surface area contributed by atoms with Crippen molar-refractivity contribution in [1.82, 2.24) is 5.32 Å². The van der Waals surface area contributed by atoms with Crippen LogP contribution in [0.15, 0.2) is 22.7 Å². The van der Waals surface area contributed by atoms with E-state index in [2.05, 4.69) is 40.3 Å². The number of hydrogen-bond donors (Lipinski definition) is 1. The second-order valence-electron chi connectivity index (χ2n) is 4.15. The van der Waals surface area contributed by atoms with Crippen LogP contribution < -0.4 is 14.8 Å². The van der Waals surface area contributed by atoms with Gasteiger partial charge < -0.3 is 14.8 Å². The summed E-state index contributed by atoms with van der Waals surface area (Å²) < 4.78 is 11.5. The lowest BCUT2D eigenvalue weighted by molar-refractivity contribution is 0.389. The first-order valence-electron chi connectivity index (χ1n) is 6.52. The Balaban J connectivity index is 2.67. The van der Waals surface area contributed by atoms with E-state index in [1.807, 2.05) is 12.1 Å². The minimum atomic E-state index is 0.776. The number of nitrogens with one attached hydrogen (secondary N) is 1. The van der Waals surface area contributed by atoms with Gasteiger partial charge >= 0.3 is 0 Å². The van der Waals surface area contributed by atoms with Gasteiger partial charge in [-0.25, -0.2) is 0 Å². The Morgan fingerprint density at radius 3 is 2.63 bits per heavy atom. The van der Waals surface area contributed by atoms with Crippen molar-refractivity contribution in [2.45, 2.75) is 19.8 Å². The van der Waals surface area contributed by atoms with Crippen molar-refractivity contribution in [3.63, 3.8) is 0 Å². The van der Waals surface area contributed by atoms with Crippen molar-refractivity contribution in [2.75, 3.05) is 27.3 Å². The molecule has 0 radical (unpaired) electrons. The zero-order chi connectivity index (χ0) is 14.1. The van der Waals surface area contributed by atoms with Gasteiger partial charge in [-0.15, -0.1) is 0 Å². The average Bonchev–Trinajstić information content (AvgIpc) is 2.43. The Morgan fingerprint density at radius 1 is 1.21 bits per heavy atom. The molecular weight excluding hydrogens is 306 g/mol. The van der Waals surface area contributed by atoms with Gasteiger partial charge in [0.2, 0.25) is 0 Å².